The first kappa shape index (κ1) is 17.4. The van der Waals surface area contributed by atoms with E-state index in [0.29, 0.717) is 5.82 Å². The van der Waals surface area contributed by atoms with E-state index in [1.165, 1.54) is 4.90 Å². The molecule has 0 bridgehead atoms. The van der Waals surface area contributed by atoms with E-state index < -0.39 is 11.6 Å². The molecule has 27 heavy (non-hydrogen) atoms. The largest absolute Gasteiger partial charge is 0.384 e. The molecular formula is C19H22N6O2. The Bertz CT molecular complexity index is 852. The maximum Gasteiger partial charge on any atom is 0.325 e. The molecule has 0 saturated carbocycles. The van der Waals surface area contributed by atoms with E-state index in [0.717, 1.165) is 37.1 Å². The molecule has 2 aromatic heterocycles. The first-order chi connectivity index (χ1) is 13.1. The number of piperidine rings is 1. The summed E-state index contributed by atoms with van der Waals surface area (Å²) in [4.78, 5) is 35.8. The molecule has 2 aromatic rings. The monoisotopic (exact) mass is 366 g/mol. The first-order valence-corrected chi connectivity index (χ1v) is 9.07. The minimum absolute atomic E-state index is 0.00640. The van der Waals surface area contributed by atoms with Gasteiger partial charge in [0, 0.05) is 24.2 Å². The number of carbonyl (C=O) groups excluding carboxylic acids is 2. The Labute approximate surface area is 157 Å². The van der Waals surface area contributed by atoms with Crippen molar-refractivity contribution in [3.63, 3.8) is 0 Å². The topological polar surface area (TPSA) is 113 Å². The van der Waals surface area contributed by atoms with Crippen LogP contribution in [-0.2, 0) is 16.9 Å². The maximum atomic E-state index is 13.6. The van der Waals surface area contributed by atoms with Gasteiger partial charge in [-0.25, -0.2) is 9.78 Å². The van der Waals surface area contributed by atoms with Crippen LogP contribution in [0.25, 0.3) is 0 Å². The molecule has 8 heteroatoms. The zero-order valence-electron chi connectivity index (χ0n) is 14.9. The Morgan fingerprint density at radius 2 is 2.04 bits per heavy atom. The van der Waals surface area contributed by atoms with E-state index in [-0.39, 0.29) is 18.4 Å². The Kier molecular flexibility index (Phi) is 4.49. The van der Waals surface area contributed by atoms with Crippen molar-refractivity contribution < 1.29 is 9.59 Å². The summed E-state index contributed by atoms with van der Waals surface area (Å²) in [5, 5.41) is 6.33. The van der Waals surface area contributed by atoms with E-state index in [1.807, 2.05) is 6.07 Å². The van der Waals surface area contributed by atoms with Crippen LogP contribution in [0.1, 0.15) is 24.0 Å². The van der Waals surface area contributed by atoms with E-state index >= 15 is 0 Å². The Hall–Kier alpha value is -3.00. The number of pyridine rings is 2. The molecule has 2 aliphatic heterocycles. The lowest BCUT2D eigenvalue weighted by Gasteiger charge is -2.37. The van der Waals surface area contributed by atoms with Gasteiger partial charge in [0.1, 0.15) is 5.82 Å². The number of imide groups is 1. The zero-order chi connectivity index (χ0) is 18.9. The van der Waals surface area contributed by atoms with Crippen LogP contribution in [0.15, 0.2) is 42.9 Å². The van der Waals surface area contributed by atoms with Gasteiger partial charge in [-0.05, 0) is 55.6 Å². The summed E-state index contributed by atoms with van der Waals surface area (Å²) in [6, 6.07) is 6.70. The van der Waals surface area contributed by atoms with E-state index in [1.54, 1.807) is 36.8 Å². The fourth-order valence-corrected chi connectivity index (χ4v) is 4.07. The van der Waals surface area contributed by atoms with Gasteiger partial charge in [-0.1, -0.05) is 6.07 Å². The number of nitrogens with two attached hydrogens (primary N) is 1. The highest BCUT2D eigenvalue weighted by molar-refractivity contribution is 6.07. The van der Waals surface area contributed by atoms with Crippen molar-refractivity contribution in [1.82, 2.24) is 25.5 Å². The molecule has 2 saturated heterocycles. The van der Waals surface area contributed by atoms with Crippen LogP contribution in [0.3, 0.4) is 0 Å². The van der Waals surface area contributed by atoms with Gasteiger partial charge in [0.05, 0.1) is 6.54 Å². The fraction of sp³-hybridized carbons (Fsp3) is 0.368. The van der Waals surface area contributed by atoms with Crippen molar-refractivity contribution in [2.45, 2.75) is 24.9 Å². The normalized spacial score (nSPS) is 23.5. The number of aromatic nitrogens is 2. The smallest absolute Gasteiger partial charge is 0.325 e. The third-order valence-corrected chi connectivity index (χ3v) is 5.39. The van der Waals surface area contributed by atoms with Gasteiger partial charge in [0.2, 0.25) is 0 Å². The minimum Gasteiger partial charge on any atom is -0.384 e. The van der Waals surface area contributed by atoms with Crippen LogP contribution in [-0.4, -0.2) is 39.9 Å². The van der Waals surface area contributed by atoms with E-state index in [9.17, 15) is 9.59 Å². The summed E-state index contributed by atoms with van der Waals surface area (Å²) in [5.74, 6) is 0.131. The van der Waals surface area contributed by atoms with Gasteiger partial charge in [-0.15, -0.1) is 0 Å². The predicted molar refractivity (Wildman–Crippen MR) is 99.2 cm³/mol. The van der Waals surface area contributed by atoms with Gasteiger partial charge in [-0.2, -0.15) is 0 Å². The summed E-state index contributed by atoms with van der Waals surface area (Å²) < 4.78 is 0. The molecule has 2 fully saturated rings. The Morgan fingerprint density at radius 1 is 1.22 bits per heavy atom. The quantitative estimate of drug-likeness (QED) is 0.696. The number of nitrogens with one attached hydrogen (secondary N) is 2. The van der Waals surface area contributed by atoms with Crippen molar-refractivity contribution in [2.75, 3.05) is 18.8 Å². The molecule has 2 aliphatic rings. The van der Waals surface area contributed by atoms with Crippen LogP contribution in [0, 0.1) is 5.92 Å². The van der Waals surface area contributed by atoms with Gasteiger partial charge >= 0.3 is 6.03 Å². The highest BCUT2D eigenvalue weighted by atomic mass is 16.2. The molecule has 3 amide bonds. The van der Waals surface area contributed by atoms with Crippen molar-refractivity contribution in [3.05, 3.63) is 54.0 Å². The summed E-state index contributed by atoms with van der Waals surface area (Å²) >= 11 is 0. The molecule has 0 radical (unpaired) electrons. The lowest BCUT2D eigenvalue weighted by atomic mass is 9.74. The van der Waals surface area contributed by atoms with Gasteiger partial charge < -0.3 is 16.4 Å². The number of anilines is 1. The number of amides is 3. The highest BCUT2D eigenvalue weighted by Crippen LogP contribution is 2.40. The second-order valence-electron chi connectivity index (χ2n) is 6.98. The molecule has 1 unspecified atom stereocenters. The number of hydrogen-bond donors (Lipinski definition) is 3. The maximum absolute atomic E-state index is 13.6. The number of nitrogen functional groups attached to an aromatic ring is 1. The second kappa shape index (κ2) is 6.96. The van der Waals surface area contributed by atoms with Crippen LogP contribution in [0.4, 0.5) is 10.6 Å². The lowest BCUT2D eigenvalue weighted by molar-refractivity contribution is -0.134. The van der Waals surface area contributed by atoms with Crippen LogP contribution < -0.4 is 16.4 Å². The van der Waals surface area contributed by atoms with E-state index in [2.05, 4.69) is 20.6 Å². The van der Waals surface area contributed by atoms with E-state index in [4.69, 9.17) is 5.73 Å². The molecule has 4 rings (SSSR count). The molecule has 4 heterocycles. The number of hydrogen-bond acceptors (Lipinski definition) is 6. The average Bonchev–Trinajstić information content (AvgIpc) is 2.95. The SMILES string of the molecule is Nc1cc(CN2C(=O)NC(c3cccnc3)(C3CCNCC3)C2=O)ccn1. The predicted octanol–water partition coefficient (Wildman–Crippen LogP) is 1.01. The second-order valence-corrected chi connectivity index (χ2v) is 6.98. The summed E-state index contributed by atoms with van der Waals surface area (Å²) in [6.07, 6.45) is 6.52. The molecule has 8 nitrogen and oxygen atoms in total. The molecule has 0 aromatic carbocycles. The van der Waals surface area contributed by atoms with Crippen molar-refractivity contribution >= 4 is 17.8 Å². The summed E-state index contributed by atoms with van der Waals surface area (Å²) in [5.41, 5.74) is 6.15. The molecule has 0 spiro atoms. The van der Waals surface area contributed by atoms with Crippen molar-refractivity contribution in [1.29, 1.82) is 0 Å². The first-order valence-electron chi connectivity index (χ1n) is 9.07. The van der Waals surface area contributed by atoms with Crippen LogP contribution in [0.5, 0.6) is 0 Å². The summed E-state index contributed by atoms with van der Waals surface area (Å²) in [7, 11) is 0. The van der Waals surface area contributed by atoms with Gasteiger partial charge in [-0.3, -0.25) is 14.7 Å². The number of carbonyl (C=O) groups is 2. The molecule has 140 valence electrons. The molecule has 0 aliphatic carbocycles. The molecular weight excluding hydrogens is 344 g/mol. The molecule has 4 N–H and O–H groups in total. The van der Waals surface area contributed by atoms with Gasteiger partial charge in [0.15, 0.2) is 5.54 Å². The molecule has 1 atom stereocenters. The van der Waals surface area contributed by atoms with Crippen LogP contribution in [0.2, 0.25) is 0 Å². The Balaban J connectivity index is 1.71. The minimum atomic E-state index is -1.08. The van der Waals surface area contributed by atoms with Gasteiger partial charge in [0.25, 0.3) is 5.91 Å². The Morgan fingerprint density at radius 3 is 2.74 bits per heavy atom. The average molecular weight is 366 g/mol. The fourth-order valence-electron chi connectivity index (χ4n) is 4.07. The third-order valence-electron chi connectivity index (χ3n) is 5.39. The summed E-state index contributed by atoms with van der Waals surface area (Å²) in [6.45, 7) is 1.79. The van der Waals surface area contributed by atoms with Crippen molar-refractivity contribution in [3.8, 4) is 0 Å². The number of urea groups is 1. The highest BCUT2D eigenvalue weighted by Gasteiger charge is 2.56. The zero-order valence-corrected chi connectivity index (χ0v) is 14.9. The van der Waals surface area contributed by atoms with Crippen LogP contribution >= 0.6 is 0 Å². The lowest BCUT2D eigenvalue weighted by Crippen LogP contribution is -2.53. The standard InChI is InChI=1S/C19H22N6O2/c20-16-10-13(3-9-23-16)12-25-17(26)19(24-18(25)27,14-4-7-21-8-5-14)15-2-1-6-22-11-15/h1-3,6,9-11,14,21H,4-5,7-8,12H2,(H2,20,23)(H,24,27). The van der Waals surface area contributed by atoms with Crippen molar-refractivity contribution in [2.24, 2.45) is 5.92 Å². The number of rotatable bonds is 4. The number of nitrogens with zero attached hydrogens (tertiary/aromatic N) is 3. The third kappa shape index (κ3) is 3.02.